The van der Waals surface area contributed by atoms with Crippen LogP contribution in [-0.4, -0.2) is 61.1 Å². The van der Waals surface area contributed by atoms with Crippen LogP contribution in [0.4, 0.5) is 4.79 Å². The predicted molar refractivity (Wildman–Crippen MR) is 78.8 cm³/mol. The van der Waals surface area contributed by atoms with Crippen molar-refractivity contribution < 1.29 is 23.1 Å². The number of likely N-dealkylation sites (tertiary alicyclic amines) is 1. The summed E-state index contributed by atoms with van der Waals surface area (Å²) in [7, 11) is -3.26. The molecule has 3 atom stereocenters. The minimum absolute atomic E-state index is 0.0445. The van der Waals surface area contributed by atoms with Crippen LogP contribution in [-0.2, 0) is 14.6 Å². The molecule has 1 heterocycles. The highest BCUT2D eigenvalue weighted by Crippen LogP contribution is 2.22. The van der Waals surface area contributed by atoms with Gasteiger partial charge in [-0.15, -0.1) is 0 Å². The summed E-state index contributed by atoms with van der Waals surface area (Å²) in [6, 6.07) is -1.57. The zero-order valence-corrected chi connectivity index (χ0v) is 13.5. The predicted octanol–water partition coefficient (Wildman–Crippen LogP) is 0.704. The summed E-state index contributed by atoms with van der Waals surface area (Å²) in [5.41, 5.74) is 0. The Balaban J connectivity index is 2.66. The number of carbonyl (C=O) groups is 2. The third kappa shape index (κ3) is 5.53. The molecule has 8 heteroatoms. The molecule has 1 rings (SSSR count). The number of nitrogens with one attached hydrogen (secondary N) is 1. The van der Waals surface area contributed by atoms with E-state index in [1.807, 2.05) is 6.92 Å². The van der Waals surface area contributed by atoms with Crippen molar-refractivity contribution in [3.63, 3.8) is 0 Å². The van der Waals surface area contributed by atoms with E-state index in [1.54, 1.807) is 4.90 Å². The fraction of sp³-hybridized carbons (Fsp3) is 0.846. The second kappa shape index (κ2) is 7.11. The molecular formula is C13H24N2O5S. The molecule has 2 N–H and O–H groups in total. The number of sulfone groups is 1. The Bertz CT molecular complexity index is 491. The molecule has 0 aromatic rings. The van der Waals surface area contributed by atoms with E-state index >= 15 is 0 Å². The summed E-state index contributed by atoms with van der Waals surface area (Å²) < 4.78 is 22.2. The molecule has 3 unspecified atom stereocenters. The number of rotatable bonds is 5. The monoisotopic (exact) mass is 320 g/mol. The number of carboxylic acid groups (broad SMARTS) is 1. The molecule has 0 saturated carbocycles. The molecule has 21 heavy (non-hydrogen) atoms. The van der Waals surface area contributed by atoms with Crippen LogP contribution in [0, 0.1) is 5.92 Å². The lowest BCUT2D eigenvalue weighted by molar-refractivity contribution is -0.139. The van der Waals surface area contributed by atoms with E-state index in [4.69, 9.17) is 5.11 Å². The zero-order valence-electron chi connectivity index (χ0n) is 12.7. The molecule has 0 radical (unpaired) electrons. The number of hydrogen-bond acceptors (Lipinski definition) is 4. The van der Waals surface area contributed by atoms with E-state index in [0.717, 1.165) is 19.1 Å². The van der Waals surface area contributed by atoms with E-state index in [0.29, 0.717) is 12.5 Å². The molecule has 0 bridgehead atoms. The first-order chi connectivity index (χ1) is 9.61. The van der Waals surface area contributed by atoms with Crippen molar-refractivity contribution in [2.75, 3.05) is 18.6 Å². The van der Waals surface area contributed by atoms with Gasteiger partial charge in [-0.2, -0.15) is 0 Å². The molecule has 1 aliphatic rings. The first-order valence-corrected chi connectivity index (χ1v) is 9.15. The highest BCUT2D eigenvalue weighted by molar-refractivity contribution is 7.90. The zero-order chi connectivity index (χ0) is 16.2. The molecule has 1 aliphatic heterocycles. The summed E-state index contributed by atoms with van der Waals surface area (Å²) in [5, 5.41) is 11.5. The van der Waals surface area contributed by atoms with Gasteiger partial charge < -0.3 is 15.3 Å². The Morgan fingerprint density at radius 1 is 1.38 bits per heavy atom. The van der Waals surface area contributed by atoms with Gasteiger partial charge in [-0.3, -0.25) is 0 Å². The Kier molecular flexibility index (Phi) is 6.00. The first-order valence-electron chi connectivity index (χ1n) is 7.09. The maximum atomic E-state index is 12.2. The van der Waals surface area contributed by atoms with Gasteiger partial charge in [-0.25, -0.2) is 18.0 Å². The van der Waals surface area contributed by atoms with E-state index in [2.05, 4.69) is 12.2 Å². The van der Waals surface area contributed by atoms with Crippen LogP contribution in [0.15, 0.2) is 0 Å². The number of carboxylic acids is 1. The van der Waals surface area contributed by atoms with Crippen molar-refractivity contribution >= 4 is 21.8 Å². The van der Waals surface area contributed by atoms with E-state index in [9.17, 15) is 18.0 Å². The van der Waals surface area contributed by atoms with Crippen LogP contribution < -0.4 is 5.32 Å². The SMILES string of the molecule is CC1CCCN(C(=O)NC(CCS(C)(=O)=O)C(=O)O)C1C. The van der Waals surface area contributed by atoms with Crippen molar-refractivity contribution in [2.24, 2.45) is 5.92 Å². The van der Waals surface area contributed by atoms with Crippen LogP contribution in [0.25, 0.3) is 0 Å². The van der Waals surface area contributed by atoms with Crippen LogP contribution in [0.2, 0.25) is 0 Å². The minimum Gasteiger partial charge on any atom is -0.480 e. The summed E-state index contributed by atoms with van der Waals surface area (Å²) in [4.78, 5) is 25.0. The van der Waals surface area contributed by atoms with Gasteiger partial charge in [0.2, 0.25) is 0 Å². The lowest BCUT2D eigenvalue weighted by atomic mass is 9.92. The van der Waals surface area contributed by atoms with Crippen LogP contribution >= 0.6 is 0 Å². The Hall–Kier alpha value is -1.31. The number of urea groups is 1. The smallest absolute Gasteiger partial charge is 0.326 e. The van der Waals surface area contributed by atoms with E-state index < -0.39 is 27.9 Å². The number of carbonyl (C=O) groups excluding carboxylic acids is 1. The highest BCUT2D eigenvalue weighted by Gasteiger charge is 2.31. The Labute approximate surface area is 125 Å². The normalized spacial score (nSPS) is 24.4. The lowest BCUT2D eigenvalue weighted by Crippen LogP contribution is -2.54. The van der Waals surface area contributed by atoms with Gasteiger partial charge in [0.1, 0.15) is 15.9 Å². The number of piperidine rings is 1. The second-order valence-electron chi connectivity index (χ2n) is 5.81. The Morgan fingerprint density at radius 3 is 2.52 bits per heavy atom. The molecule has 0 aliphatic carbocycles. The lowest BCUT2D eigenvalue weighted by Gasteiger charge is -2.38. The Morgan fingerprint density at radius 2 is 2.00 bits per heavy atom. The topological polar surface area (TPSA) is 104 Å². The first kappa shape index (κ1) is 17.7. The third-order valence-corrected chi connectivity index (χ3v) is 4.98. The van der Waals surface area contributed by atoms with Gasteiger partial charge in [0.05, 0.1) is 5.75 Å². The average Bonchev–Trinajstić information content (AvgIpc) is 2.36. The molecule has 0 aromatic heterocycles. The standard InChI is InChI=1S/C13H24N2O5S/c1-9-5-4-7-15(10(9)2)13(18)14-11(12(16)17)6-8-21(3,19)20/h9-11H,4-8H2,1-3H3,(H,14,18)(H,16,17). The van der Waals surface area contributed by atoms with Crippen molar-refractivity contribution in [2.45, 2.75) is 45.2 Å². The number of amides is 2. The molecule has 1 saturated heterocycles. The number of hydrogen-bond donors (Lipinski definition) is 2. The van der Waals surface area contributed by atoms with Gasteiger partial charge in [0.25, 0.3) is 0 Å². The summed E-state index contributed by atoms with van der Waals surface area (Å²) in [6.45, 7) is 4.59. The van der Waals surface area contributed by atoms with Crippen LogP contribution in [0.1, 0.15) is 33.1 Å². The van der Waals surface area contributed by atoms with Crippen molar-refractivity contribution in [3.8, 4) is 0 Å². The van der Waals surface area contributed by atoms with Crippen molar-refractivity contribution in [3.05, 3.63) is 0 Å². The van der Waals surface area contributed by atoms with Gasteiger partial charge in [0.15, 0.2) is 0 Å². The molecule has 0 spiro atoms. The minimum atomic E-state index is -3.26. The quantitative estimate of drug-likeness (QED) is 0.776. The molecule has 2 amide bonds. The van der Waals surface area contributed by atoms with E-state index in [1.165, 1.54) is 0 Å². The fourth-order valence-corrected chi connectivity index (χ4v) is 3.11. The maximum Gasteiger partial charge on any atom is 0.326 e. The second-order valence-corrected chi connectivity index (χ2v) is 8.07. The van der Waals surface area contributed by atoms with Gasteiger partial charge >= 0.3 is 12.0 Å². The summed E-state index contributed by atoms with van der Waals surface area (Å²) >= 11 is 0. The fourth-order valence-electron chi connectivity index (χ4n) is 2.44. The number of aliphatic carboxylic acids is 1. The maximum absolute atomic E-state index is 12.2. The van der Waals surface area contributed by atoms with Gasteiger partial charge in [0, 0.05) is 18.8 Å². The van der Waals surface area contributed by atoms with Crippen LogP contribution in [0.3, 0.4) is 0 Å². The van der Waals surface area contributed by atoms with E-state index in [-0.39, 0.29) is 18.2 Å². The molecule has 122 valence electrons. The molecular weight excluding hydrogens is 296 g/mol. The summed E-state index contributed by atoms with van der Waals surface area (Å²) in [6.07, 6.45) is 2.85. The third-order valence-electron chi connectivity index (χ3n) is 4.01. The van der Waals surface area contributed by atoms with Crippen molar-refractivity contribution in [1.82, 2.24) is 10.2 Å². The largest absolute Gasteiger partial charge is 0.480 e. The van der Waals surface area contributed by atoms with Crippen molar-refractivity contribution in [1.29, 1.82) is 0 Å². The highest BCUT2D eigenvalue weighted by atomic mass is 32.2. The van der Waals surface area contributed by atoms with Gasteiger partial charge in [-0.1, -0.05) is 6.92 Å². The van der Waals surface area contributed by atoms with Gasteiger partial charge in [-0.05, 0) is 32.1 Å². The molecule has 7 nitrogen and oxygen atoms in total. The molecule has 0 aromatic carbocycles. The average molecular weight is 320 g/mol. The van der Waals surface area contributed by atoms with Crippen LogP contribution in [0.5, 0.6) is 0 Å². The number of nitrogens with zero attached hydrogens (tertiary/aromatic N) is 1. The summed E-state index contributed by atoms with van der Waals surface area (Å²) in [5.74, 6) is -1.12. The molecule has 1 fully saturated rings.